The van der Waals surface area contributed by atoms with Crippen molar-refractivity contribution in [2.75, 3.05) is 0 Å². The van der Waals surface area contributed by atoms with E-state index in [1.54, 1.807) is 24.3 Å². The van der Waals surface area contributed by atoms with Gasteiger partial charge in [0.05, 0.1) is 17.4 Å². The van der Waals surface area contributed by atoms with E-state index in [2.05, 4.69) is 4.72 Å². The lowest BCUT2D eigenvalue weighted by Gasteiger charge is -2.08. The second-order valence-electron chi connectivity index (χ2n) is 4.83. The molecule has 1 N–H and O–H groups in total. The maximum atomic E-state index is 12.1. The van der Waals surface area contributed by atoms with Gasteiger partial charge in [0, 0.05) is 6.54 Å². The Labute approximate surface area is 125 Å². The minimum absolute atomic E-state index is 0.192. The van der Waals surface area contributed by atoms with Crippen LogP contribution in [0.1, 0.15) is 22.3 Å². The van der Waals surface area contributed by atoms with Gasteiger partial charge in [-0.1, -0.05) is 48.0 Å². The minimum Gasteiger partial charge on any atom is -0.212 e. The summed E-state index contributed by atoms with van der Waals surface area (Å²) in [5.41, 5.74) is 2.93. The molecule has 0 saturated carbocycles. The Morgan fingerprint density at radius 2 is 1.76 bits per heavy atom. The lowest BCUT2D eigenvalue weighted by molar-refractivity contribution is 0.580. The molecule has 2 aromatic carbocycles. The summed E-state index contributed by atoms with van der Waals surface area (Å²) < 4.78 is 26.7. The maximum Gasteiger partial charge on any atom is 0.216 e. The largest absolute Gasteiger partial charge is 0.216 e. The van der Waals surface area contributed by atoms with Crippen molar-refractivity contribution in [3.8, 4) is 6.07 Å². The van der Waals surface area contributed by atoms with Gasteiger partial charge in [0.15, 0.2) is 0 Å². The lowest BCUT2D eigenvalue weighted by atomic mass is 10.1. The van der Waals surface area contributed by atoms with Crippen LogP contribution in [0.5, 0.6) is 0 Å². The third-order valence-electron chi connectivity index (χ3n) is 3.10. The highest BCUT2D eigenvalue weighted by molar-refractivity contribution is 7.88. The summed E-state index contributed by atoms with van der Waals surface area (Å²) in [4.78, 5) is 0. The summed E-state index contributed by atoms with van der Waals surface area (Å²) >= 11 is 0. The molecule has 0 atom stereocenters. The van der Waals surface area contributed by atoms with E-state index < -0.39 is 10.0 Å². The first-order valence-corrected chi connectivity index (χ1v) is 8.16. The van der Waals surface area contributed by atoms with Crippen molar-refractivity contribution in [1.29, 1.82) is 5.26 Å². The fourth-order valence-electron chi connectivity index (χ4n) is 1.91. The number of aryl methyl sites for hydroxylation is 1. The number of nitrogens with one attached hydrogen (secondary N) is 1. The van der Waals surface area contributed by atoms with Crippen LogP contribution in [0.2, 0.25) is 0 Å². The standard InChI is InChI=1S/C16H16N2O2S/c1-13-6-8-14(9-7-13)11-18-21(19,20)12-16-5-3-2-4-15(16)10-17/h2-9,18H,11-12H2,1H3. The van der Waals surface area contributed by atoms with Crippen LogP contribution in [-0.4, -0.2) is 8.42 Å². The van der Waals surface area contributed by atoms with Crippen LogP contribution < -0.4 is 4.72 Å². The molecular weight excluding hydrogens is 284 g/mol. The Morgan fingerprint density at radius 3 is 2.43 bits per heavy atom. The zero-order chi connectivity index (χ0) is 15.3. The molecule has 0 fully saturated rings. The van der Waals surface area contributed by atoms with E-state index in [0.29, 0.717) is 11.1 Å². The molecule has 0 aromatic heterocycles. The Morgan fingerprint density at radius 1 is 1.10 bits per heavy atom. The second kappa shape index (κ2) is 6.53. The molecule has 0 spiro atoms. The van der Waals surface area contributed by atoms with E-state index in [1.807, 2.05) is 37.3 Å². The van der Waals surface area contributed by atoms with E-state index in [4.69, 9.17) is 5.26 Å². The molecule has 5 heteroatoms. The Balaban J connectivity index is 2.05. The van der Waals surface area contributed by atoms with Crippen LogP contribution in [0.3, 0.4) is 0 Å². The van der Waals surface area contributed by atoms with E-state index in [0.717, 1.165) is 11.1 Å². The fourth-order valence-corrected chi connectivity index (χ4v) is 3.06. The monoisotopic (exact) mass is 300 g/mol. The number of rotatable bonds is 5. The average molecular weight is 300 g/mol. The first-order valence-electron chi connectivity index (χ1n) is 6.51. The zero-order valence-electron chi connectivity index (χ0n) is 11.7. The van der Waals surface area contributed by atoms with Crippen molar-refractivity contribution in [3.05, 3.63) is 70.8 Å². The van der Waals surface area contributed by atoms with Crippen molar-refractivity contribution < 1.29 is 8.42 Å². The summed E-state index contributed by atoms with van der Waals surface area (Å²) in [6.07, 6.45) is 0. The number of hydrogen-bond acceptors (Lipinski definition) is 3. The second-order valence-corrected chi connectivity index (χ2v) is 6.64. The van der Waals surface area contributed by atoms with Crippen LogP contribution in [0, 0.1) is 18.3 Å². The number of benzene rings is 2. The minimum atomic E-state index is -3.48. The van der Waals surface area contributed by atoms with Crippen molar-refractivity contribution >= 4 is 10.0 Å². The molecule has 108 valence electrons. The molecule has 0 heterocycles. The normalized spacial score (nSPS) is 11.0. The van der Waals surface area contributed by atoms with Gasteiger partial charge in [-0.3, -0.25) is 0 Å². The van der Waals surface area contributed by atoms with Gasteiger partial charge in [-0.05, 0) is 24.1 Å². The summed E-state index contributed by atoms with van der Waals surface area (Å²) in [5.74, 6) is -0.192. The molecule has 0 aliphatic heterocycles. The molecule has 0 saturated heterocycles. The highest BCUT2D eigenvalue weighted by Crippen LogP contribution is 2.11. The summed E-state index contributed by atoms with van der Waals surface area (Å²) in [6.45, 7) is 2.23. The number of sulfonamides is 1. The van der Waals surface area contributed by atoms with Gasteiger partial charge >= 0.3 is 0 Å². The average Bonchev–Trinajstić information content (AvgIpc) is 2.47. The molecule has 0 aliphatic carbocycles. The highest BCUT2D eigenvalue weighted by atomic mass is 32.2. The topological polar surface area (TPSA) is 70.0 Å². The third kappa shape index (κ3) is 4.42. The van der Waals surface area contributed by atoms with Gasteiger partial charge in [-0.2, -0.15) is 5.26 Å². The summed E-state index contributed by atoms with van der Waals surface area (Å²) in [5, 5.41) is 8.98. The quantitative estimate of drug-likeness (QED) is 0.922. The SMILES string of the molecule is Cc1ccc(CNS(=O)(=O)Cc2ccccc2C#N)cc1. The number of nitrogens with zero attached hydrogens (tertiary/aromatic N) is 1. The van der Waals surface area contributed by atoms with Gasteiger partial charge in [-0.15, -0.1) is 0 Å². The smallest absolute Gasteiger partial charge is 0.212 e. The summed E-state index contributed by atoms with van der Waals surface area (Å²) in [6, 6.07) is 16.4. The first-order chi connectivity index (χ1) is 10.00. The van der Waals surface area contributed by atoms with E-state index in [1.165, 1.54) is 0 Å². The molecule has 4 nitrogen and oxygen atoms in total. The van der Waals surface area contributed by atoms with Crippen molar-refractivity contribution in [2.45, 2.75) is 19.2 Å². The molecule has 0 amide bonds. The van der Waals surface area contributed by atoms with E-state index >= 15 is 0 Å². The molecule has 0 radical (unpaired) electrons. The maximum absolute atomic E-state index is 12.1. The number of nitriles is 1. The summed E-state index contributed by atoms with van der Waals surface area (Å²) in [7, 11) is -3.48. The molecule has 2 aromatic rings. The predicted molar refractivity (Wildman–Crippen MR) is 81.8 cm³/mol. The van der Waals surface area contributed by atoms with Gasteiger partial charge in [0.25, 0.3) is 0 Å². The van der Waals surface area contributed by atoms with E-state index in [-0.39, 0.29) is 12.3 Å². The third-order valence-corrected chi connectivity index (χ3v) is 4.38. The fraction of sp³-hybridized carbons (Fsp3) is 0.188. The van der Waals surface area contributed by atoms with Crippen molar-refractivity contribution in [1.82, 2.24) is 4.72 Å². The highest BCUT2D eigenvalue weighted by Gasteiger charge is 2.13. The molecular formula is C16H16N2O2S. The predicted octanol–water partition coefficient (Wildman–Crippen LogP) is 2.49. The molecule has 0 aliphatic rings. The van der Waals surface area contributed by atoms with Crippen molar-refractivity contribution in [2.24, 2.45) is 0 Å². The molecule has 21 heavy (non-hydrogen) atoms. The van der Waals surface area contributed by atoms with Gasteiger partial charge in [0.1, 0.15) is 0 Å². The van der Waals surface area contributed by atoms with Crippen LogP contribution >= 0.6 is 0 Å². The molecule has 2 rings (SSSR count). The number of hydrogen-bond donors (Lipinski definition) is 1. The van der Waals surface area contributed by atoms with Crippen molar-refractivity contribution in [3.63, 3.8) is 0 Å². The molecule has 0 unspecified atom stereocenters. The van der Waals surface area contributed by atoms with Crippen LogP contribution in [-0.2, 0) is 22.3 Å². The van der Waals surface area contributed by atoms with Crippen LogP contribution in [0.25, 0.3) is 0 Å². The van der Waals surface area contributed by atoms with Crippen LogP contribution in [0.4, 0.5) is 0 Å². The van der Waals surface area contributed by atoms with Crippen LogP contribution in [0.15, 0.2) is 48.5 Å². The Kier molecular flexibility index (Phi) is 4.73. The van der Waals surface area contributed by atoms with Gasteiger partial charge in [0.2, 0.25) is 10.0 Å². The molecule has 0 bridgehead atoms. The Hall–Kier alpha value is -2.16. The Bertz CT molecular complexity index is 760. The van der Waals surface area contributed by atoms with E-state index in [9.17, 15) is 8.42 Å². The van der Waals surface area contributed by atoms with Gasteiger partial charge in [-0.25, -0.2) is 13.1 Å². The first kappa shape index (κ1) is 15.2. The lowest BCUT2D eigenvalue weighted by Crippen LogP contribution is -2.25. The van der Waals surface area contributed by atoms with Gasteiger partial charge < -0.3 is 0 Å². The zero-order valence-corrected chi connectivity index (χ0v) is 12.5.